The number of hydrogen-bond acceptors (Lipinski definition) is 4. The number of nitrogens with one attached hydrogen (secondary N) is 2. The molecule has 0 radical (unpaired) electrons. The summed E-state index contributed by atoms with van der Waals surface area (Å²) < 4.78 is 37.0. The Hall–Kier alpha value is -3.16. The maximum absolute atomic E-state index is 13.7. The Morgan fingerprint density at radius 3 is 2.11 bits per heavy atom. The molecule has 0 heterocycles. The van der Waals surface area contributed by atoms with Gasteiger partial charge in [-0.1, -0.05) is 0 Å². The molecular weight excluding hydrogens is 358 g/mol. The van der Waals surface area contributed by atoms with Gasteiger partial charge in [0.1, 0.15) is 17.0 Å². The van der Waals surface area contributed by atoms with Gasteiger partial charge in [0.15, 0.2) is 11.5 Å². The van der Waals surface area contributed by atoms with Crippen LogP contribution >= 0.6 is 0 Å². The van der Waals surface area contributed by atoms with Crippen molar-refractivity contribution in [3.8, 4) is 11.5 Å². The summed E-state index contributed by atoms with van der Waals surface area (Å²) in [6.07, 6.45) is 0. The van der Waals surface area contributed by atoms with Gasteiger partial charge in [-0.2, -0.15) is 0 Å². The average molecular weight is 378 g/mol. The molecule has 6 nitrogen and oxygen atoms in total. The fourth-order valence-electron chi connectivity index (χ4n) is 2.17. The molecule has 0 unspecified atom stereocenters. The predicted octanol–water partition coefficient (Wildman–Crippen LogP) is 3.59. The maximum atomic E-state index is 13.7. The van der Waals surface area contributed by atoms with Crippen LogP contribution in [0.3, 0.4) is 0 Å². The SMILES string of the molecule is COc1ccc(NC(=O)C(C)(C)C(=O)Nc2ccc(F)cc2F)cc1OC. The predicted molar refractivity (Wildman–Crippen MR) is 96.9 cm³/mol. The van der Waals surface area contributed by atoms with E-state index in [4.69, 9.17) is 9.47 Å². The minimum absolute atomic E-state index is 0.214. The van der Waals surface area contributed by atoms with E-state index in [1.165, 1.54) is 28.1 Å². The Bertz CT molecular complexity index is 869. The number of benzene rings is 2. The van der Waals surface area contributed by atoms with E-state index in [1.54, 1.807) is 18.2 Å². The van der Waals surface area contributed by atoms with Gasteiger partial charge in [-0.15, -0.1) is 0 Å². The molecule has 0 aliphatic heterocycles. The Morgan fingerprint density at radius 1 is 0.889 bits per heavy atom. The Morgan fingerprint density at radius 2 is 1.52 bits per heavy atom. The number of methoxy groups -OCH3 is 2. The second-order valence-corrected chi connectivity index (χ2v) is 6.23. The molecule has 8 heteroatoms. The summed E-state index contributed by atoms with van der Waals surface area (Å²) in [6.45, 7) is 2.78. The van der Waals surface area contributed by atoms with Gasteiger partial charge in [-0.3, -0.25) is 9.59 Å². The topological polar surface area (TPSA) is 76.7 Å². The lowest BCUT2D eigenvalue weighted by molar-refractivity contribution is -0.135. The molecule has 2 N–H and O–H groups in total. The van der Waals surface area contributed by atoms with Gasteiger partial charge >= 0.3 is 0 Å². The minimum Gasteiger partial charge on any atom is -0.493 e. The molecule has 2 aromatic carbocycles. The quantitative estimate of drug-likeness (QED) is 0.754. The first-order chi connectivity index (χ1) is 12.7. The van der Waals surface area contributed by atoms with E-state index in [2.05, 4.69) is 10.6 Å². The highest BCUT2D eigenvalue weighted by Crippen LogP contribution is 2.31. The van der Waals surface area contributed by atoms with Crippen molar-refractivity contribution in [1.29, 1.82) is 0 Å². The van der Waals surface area contributed by atoms with Crippen molar-refractivity contribution in [3.05, 3.63) is 48.0 Å². The molecule has 2 aromatic rings. The zero-order valence-electron chi connectivity index (χ0n) is 15.4. The summed E-state index contributed by atoms with van der Waals surface area (Å²) in [7, 11) is 2.94. The Labute approximate surface area is 155 Å². The number of halogens is 2. The molecule has 0 aliphatic carbocycles. The molecule has 2 amide bonds. The van der Waals surface area contributed by atoms with Crippen molar-refractivity contribution in [2.75, 3.05) is 24.9 Å². The lowest BCUT2D eigenvalue weighted by Gasteiger charge is -2.23. The Kier molecular flexibility index (Phi) is 5.99. The third-order valence-corrected chi connectivity index (χ3v) is 3.96. The molecule has 2 rings (SSSR count). The lowest BCUT2D eigenvalue weighted by Crippen LogP contribution is -2.41. The number of carbonyl (C=O) groups excluding carboxylic acids is 2. The molecule has 27 heavy (non-hydrogen) atoms. The van der Waals surface area contributed by atoms with Crippen LogP contribution in [-0.2, 0) is 9.59 Å². The van der Waals surface area contributed by atoms with Gasteiger partial charge in [0, 0.05) is 17.8 Å². The van der Waals surface area contributed by atoms with Gasteiger partial charge in [-0.05, 0) is 38.1 Å². The lowest BCUT2D eigenvalue weighted by atomic mass is 9.90. The normalized spacial score (nSPS) is 10.9. The van der Waals surface area contributed by atoms with Crippen LogP contribution in [0, 0.1) is 17.0 Å². The fourth-order valence-corrected chi connectivity index (χ4v) is 2.17. The Balaban J connectivity index is 2.15. The number of hydrogen-bond donors (Lipinski definition) is 2. The summed E-state index contributed by atoms with van der Waals surface area (Å²) in [5.74, 6) is -2.17. The smallest absolute Gasteiger partial charge is 0.239 e. The highest BCUT2D eigenvalue weighted by Gasteiger charge is 2.36. The van der Waals surface area contributed by atoms with Crippen LogP contribution in [-0.4, -0.2) is 26.0 Å². The van der Waals surface area contributed by atoms with Crippen LogP contribution in [0.4, 0.5) is 20.2 Å². The summed E-state index contributed by atoms with van der Waals surface area (Å²) >= 11 is 0. The molecule has 0 spiro atoms. The van der Waals surface area contributed by atoms with E-state index >= 15 is 0 Å². The van der Waals surface area contributed by atoms with Crippen molar-refractivity contribution in [2.45, 2.75) is 13.8 Å². The van der Waals surface area contributed by atoms with Crippen LogP contribution in [0.25, 0.3) is 0 Å². The van der Waals surface area contributed by atoms with Crippen LogP contribution in [0.1, 0.15) is 13.8 Å². The van der Waals surface area contributed by atoms with Crippen LogP contribution in [0.5, 0.6) is 11.5 Å². The highest BCUT2D eigenvalue weighted by atomic mass is 19.1. The first-order valence-corrected chi connectivity index (χ1v) is 7.99. The van der Waals surface area contributed by atoms with E-state index in [0.29, 0.717) is 23.3 Å². The zero-order valence-corrected chi connectivity index (χ0v) is 15.4. The van der Waals surface area contributed by atoms with E-state index in [0.717, 1.165) is 12.1 Å². The van der Waals surface area contributed by atoms with Gasteiger partial charge in [0.05, 0.1) is 19.9 Å². The van der Waals surface area contributed by atoms with E-state index in [9.17, 15) is 18.4 Å². The number of ether oxygens (including phenoxy) is 2. The average Bonchev–Trinajstić information content (AvgIpc) is 2.63. The molecule has 0 aliphatic rings. The van der Waals surface area contributed by atoms with E-state index in [-0.39, 0.29) is 5.69 Å². The third kappa shape index (κ3) is 4.52. The second-order valence-electron chi connectivity index (χ2n) is 6.23. The molecule has 0 saturated heterocycles. The molecule has 144 valence electrons. The van der Waals surface area contributed by atoms with Gasteiger partial charge < -0.3 is 20.1 Å². The third-order valence-electron chi connectivity index (χ3n) is 3.96. The molecule has 0 fully saturated rings. The fraction of sp³-hybridized carbons (Fsp3) is 0.263. The number of rotatable bonds is 6. The van der Waals surface area contributed by atoms with Crippen molar-refractivity contribution in [3.63, 3.8) is 0 Å². The van der Waals surface area contributed by atoms with Crippen LogP contribution in [0.2, 0.25) is 0 Å². The van der Waals surface area contributed by atoms with Crippen molar-refractivity contribution < 1.29 is 27.8 Å². The van der Waals surface area contributed by atoms with Crippen LogP contribution < -0.4 is 20.1 Å². The van der Waals surface area contributed by atoms with Crippen molar-refractivity contribution >= 4 is 23.2 Å². The zero-order chi connectivity index (χ0) is 20.2. The summed E-state index contributed by atoms with van der Waals surface area (Å²) in [5.41, 5.74) is -1.35. The first-order valence-electron chi connectivity index (χ1n) is 7.99. The van der Waals surface area contributed by atoms with Crippen molar-refractivity contribution in [2.24, 2.45) is 5.41 Å². The van der Waals surface area contributed by atoms with Crippen molar-refractivity contribution in [1.82, 2.24) is 0 Å². The maximum Gasteiger partial charge on any atom is 0.239 e. The second kappa shape index (κ2) is 8.03. The molecule has 0 atom stereocenters. The number of amides is 2. The van der Waals surface area contributed by atoms with E-state index < -0.39 is 28.9 Å². The molecule has 0 saturated carbocycles. The molecule has 0 aromatic heterocycles. The summed E-state index contributed by atoms with van der Waals surface area (Å²) in [6, 6.07) is 7.49. The van der Waals surface area contributed by atoms with Crippen LogP contribution in [0.15, 0.2) is 36.4 Å². The number of anilines is 2. The largest absolute Gasteiger partial charge is 0.493 e. The molecule has 0 bridgehead atoms. The molecular formula is C19H20F2N2O4. The minimum atomic E-state index is -1.53. The standard InChI is InChI=1S/C19H20F2N2O4/c1-19(2,18(25)23-14-7-5-11(20)9-13(14)21)17(24)22-12-6-8-15(26-3)16(10-12)27-4/h5-10H,1-4H3,(H,22,24)(H,23,25). The summed E-state index contributed by atoms with van der Waals surface area (Å²) in [5, 5.41) is 4.91. The summed E-state index contributed by atoms with van der Waals surface area (Å²) in [4.78, 5) is 25.0. The van der Waals surface area contributed by atoms with Gasteiger partial charge in [-0.25, -0.2) is 8.78 Å². The first kappa shape index (κ1) is 20.2. The van der Waals surface area contributed by atoms with Gasteiger partial charge in [0.25, 0.3) is 0 Å². The monoisotopic (exact) mass is 378 g/mol. The number of carbonyl (C=O) groups is 2. The van der Waals surface area contributed by atoms with Gasteiger partial charge in [0.2, 0.25) is 11.8 Å². The highest BCUT2D eigenvalue weighted by molar-refractivity contribution is 6.14. The van der Waals surface area contributed by atoms with E-state index in [1.807, 2.05) is 0 Å².